The summed E-state index contributed by atoms with van der Waals surface area (Å²) in [7, 11) is 1.56. The smallest absolute Gasteiger partial charge is 0.221 e. The number of benzene rings is 2. The Bertz CT molecular complexity index is 824. The number of halogens is 1. The van der Waals surface area contributed by atoms with E-state index in [9.17, 15) is 9.18 Å². The first-order chi connectivity index (χ1) is 13.5. The molecule has 1 amide bonds. The van der Waals surface area contributed by atoms with E-state index >= 15 is 0 Å². The van der Waals surface area contributed by atoms with Gasteiger partial charge in [0.25, 0.3) is 0 Å². The largest absolute Gasteiger partial charge is 0.495 e. The van der Waals surface area contributed by atoms with Gasteiger partial charge in [-0.1, -0.05) is 18.2 Å². The average Bonchev–Trinajstić information content (AvgIpc) is 2.66. The lowest BCUT2D eigenvalue weighted by molar-refractivity contribution is -0.114. The van der Waals surface area contributed by atoms with Gasteiger partial charge in [0.1, 0.15) is 11.6 Å². The number of nitrogens with one attached hydrogen (secondary N) is 3. The quantitative estimate of drug-likeness (QED) is 0.481. The van der Waals surface area contributed by atoms with Gasteiger partial charge >= 0.3 is 0 Å². The molecule has 0 atom stereocenters. The number of hydrogen-bond donors (Lipinski definition) is 3. The second kappa shape index (κ2) is 10.9. The van der Waals surface area contributed by atoms with Crippen LogP contribution in [0.2, 0.25) is 0 Å². The molecule has 0 heterocycles. The van der Waals surface area contributed by atoms with Gasteiger partial charge in [0, 0.05) is 20.0 Å². The minimum Gasteiger partial charge on any atom is -0.495 e. The first-order valence-electron chi connectivity index (χ1n) is 9.23. The topological polar surface area (TPSA) is 74.8 Å². The van der Waals surface area contributed by atoms with Crippen LogP contribution in [-0.4, -0.2) is 32.1 Å². The van der Waals surface area contributed by atoms with Crippen LogP contribution in [0.4, 0.5) is 10.1 Å². The van der Waals surface area contributed by atoms with Crippen LogP contribution in [0.5, 0.6) is 5.75 Å². The average molecular weight is 386 g/mol. The van der Waals surface area contributed by atoms with Crippen LogP contribution in [0.1, 0.15) is 25.0 Å². The van der Waals surface area contributed by atoms with Gasteiger partial charge < -0.3 is 20.7 Å². The fraction of sp³-hybridized carbons (Fsp3) is 0.333. The molecule has 0 radical (unpaired) electrons. The van der Waals surface area contributed by atoms with E-state index in [1.54, 1.807) is 19.2 Å². The van der Waals surface area contributed by atoms with Crippen LogP contribution in [0, 0.1) is 5.82 Å². The lowest BCUT2D eigenvalue weighted by atomic mass is 10.1. The third-order valence-electron chi connectivity index (χ3n) is 3.93. The van der Waals surface area contributed by atoms with Gasteiger partial charge in [-0.25, -0.2) is 9.38 Å². The van der Waals surface area contributed by atoms with Crippen molar-refractivity contribution in [2.75, 3.05) is 25.5 Å². The molecule has 0 aliphatic carbocycles. The predicted octanol–water partition coefficient (Wildman–Crippen LogP) is 3.09. The molecule has 28 heavy (non-hydrogen) atoms. The molecule has 0 aliphatic rings. The maximum Gasteiger partial charge on any atom is 0.221 e. The summed E-state index contributed by atoms with van der Waals surface area (Å²) >= 11 is 0. The molecule has 0 saturated heterocycles. The Labute approximate surface area is 165 Å². The highest BCUT2D eigenvalue weighted by molar-refractivity contribution is 5.90. The molecule has 0 bridgehead atoms. The number of amides is 1. The molecule has 0 fully saturated rings. The number of carbonyl (C=O) groups excluding carboxylic acids is 1. The van der Waals surface area contributed by atoms with E-state index in [0.717, 1.165) is 17.7 Å². The SMILES string of the molecule is CCNC(=NCc1ccc(OC)c(NC(C)=O)c1)NCCc1cccc(F)c1. The molecule has 150 valence electrons. The number of anilines is 1. The standard InChI is InChI=1S/C21H27FN4O2/c1-4-23-21(24-11-10-16-6-5-7-18(22)12-16)25-14-17-8-9-20(28-3)19(13-17)26-15(2)27/h5-9,12-13H,4,10-11,14H2,1-3H3,(H,26,27)(H2,23,24,25). The number of ether oxygens (including phenoxy) is 1. The number of rotatable bonds is 8. The summed E-state index contributed by atoms with van der Waals surface area (Å²) in [6.45, 7) is 5.24. The summed E-state index contributed by atoms with van der Waals surface area (Å²) in [5.74, 6) is 0.887. The van der Waals surface area contributed by atoms with Crippen LogP contribution in [0.3, 0.4) is 0 Å². The van der Waals surface area contributed by atoms with E-state index in [-0.39, 0.29) is 11.7 Å². The second-order valence-corrected chi connectivity index (χ2v) is 6.22. The van der Waals surface area contributed by atoms with Gasteiger partial charge in [-0.3, -0.25) is 4.79 Å². The summed E-state index contributed by atoms with van der Waals surface area (Å²) in [6, 6.07) is 12.1. The molecule has 0 unspecified atom stereocenters. The Morgan fingerprint density at radius 2 is 1.96 bits per heavy atom. The number of hydrogen-bond acceptors (Lipinski definition) is 3. The molecule has 0 saturated carbocycles. The molecule has 7 heteroatoms. The number of aliphatic imine (C=N–C) groups is 1. The van der Waals surface area contributed by atoms with Crippen LogP contribution >= 0.6 is 0 Å². The Kier molecular flexibility index (Phi) is 8.27. The molecule has 2 aromatic rings. The van der Waals surface area contributed by atoms with E-state index < -0.39 is 0 Å². The maximum atomic E-state index is 13.3. The lowest BCUT2D eigenvalue weighted by Gasteiger charge is -2.13. The number of nitrogens with zero attached hydrogens (tertiary/aromatic N) is 1. The molecule has 0 spiro atoms. The van der Waals surface area contributed by atoms with Crippen molar-refractivity contribution in [3.8, 4) is 5.75 Å². The van der Waals surface area contributed by atoms with Crippen molar-refractivity contribution in [3.05, 3.63) is 59.4 Å². The molecule has 0 aliphatic heterocycles. The van der Waals surface area contributed by atoms with Gasteiger partial charge in [-0.05, 0) is 48.7 Å². The highest BCUT2D eigenvalue weighted by atomic mass is 19.1. The number of methoxy groups -OCH3 is 1. The van der Waals surface area contributed by atoms with Gasteiger partial charge in [0.2, 0.25) is 5.91 Å². The zero-order valence-electron chi connectivity index (χ0n) is 16.5. The maximum absolute atomic E-state index is 13.3. The van der Waals surface area contributed by atoms with Crippen LogP contribution < -0.4 is 20.7 Å². The highest BCUT2D eigenvalue weighted by Gasteiger charge is 2.06. The minimum atomic E-state index is -0.229. The van der Waals surface area contributed by atoms with Crippen LogP contribution in [0.15, 0.2) is 47.5 Å². The van der Waals surface area contributed by atoms with E-state index in [1.165, 1.54) is 19.1 Å². The zero-order valence-corrected chi connectivity index (χ0v) is 16.5. The molecule has 0 aromatic heterocycles. The van der Waals surface area contributed by atoms with Crippen molar-refractivity contribution >= 4 is 17.6 Å². The van der Waals surface area contributed by atoms with Gasteiger partial charge in [0.15, 0.2) is 5.96 Å². The van der Waals surface area contributed by atoms with Gasteiger partial charge in [-0.15, -0.1) is 0 Å². The Hall–Kier alpha value is -3.09. The monoisotopic (exact) mass is 386 g/mol. The molecular formula is C21H27FN4O2. The first kappa shape index (κ1) is 21.2. The first-order valence-corrected chi connectivity index (χ1v) is 9.23. The minimum absolute atomic E-state index is 0.161. The fourth-order valence-corrected chi connectivity index (χ4v) is 2.67. The summed E-state index contributed by atoms with van der Waals surface area (Å²) in [5, 5.41) is 9.20. The van der Waals surface area contributed by atoms with Crippen LogP contribution in [0.25, 0.3) is 0 Å². The highest BCUT2D eigenvalue weighted by Crippen LogP contribution is 2.25. The van der Waals surface area contributed by atoms with E-state index in [2.05, 4.69) is 20.9 Å². The number of carbonyl (C=O) groups is 1. The summed E-state index contributed by atoms with van der Waals surface area (Å²) in [5.41, 5.74) is 2.48. The molecule has 2 rings (SSSR count). The lowest BCUT2D eigenvalue weighted by Crippen LogP contribution is -2.38. The van der Waals surface area contributed by atoms with Crippen molar-refractivity contribution < 1.29 is 13.9 Å². The Morgan fingerprint density at radius 3 is 2.64 bits per heavy atom. The van der Waals surface area contributed by atoms with Gasteiger partial charge in [0.05, 0.1) is 19.3 Å². The molecular weight excluding hydrogens is 359 g/mol. The summed E-state index contributed by atoms with van der Waals surface area (Å²) in [4.78, 5) is 15.9. The third-order valence-corrected chi connectivity index (χ3v) is 3.93. The summed E-state index contributed by atoms with van der Waals surface area (Å²) in [6.07, 6.45) is 0.692. The van der Waals surface area contributed by atoms with Crippen molar-refractivity contribution in [3.63, 3.8) is 0 Å². The second-order valence-electron chi connectivity index (χ2n) is 6.22. The van der Waals surface area contributed by atoms with Crippen molar-refractivity contribution in [1.29, 1.82) is 0 Å². The van der Waals surface area contributed by atoms with E-state index in [0.29, 0.717) is 36.9 Å². The predicted molar refractivity (Wildman–Crippen MR) is 110 cm³/mol. The zero-order chi connectivity index (χ0) is 20.4. The molecule has 6 nitrogen and oxygen atoms in total. The van der Waals surface area contributed by atoms with Crippen molar-refractivity contribution in [1.82, 2.24) is 10.6 Å². The third kappa shape index (κ3) is 6.90. The van der Waals surface area contributed by atoms with E-state index in [4.69, 9.17) is 4.74 Å². The van der Waals surface area contributed by atoms with E-state index in [1.807, 2.05) is 25.1 Å². The normalized spacial score (nSPS) is 11.1. The number of guanidine groups is 1. The summed E-state index contributed by atoms with van der Waals surface area (Å²) < 4.78 is 18.5. The van der Waals surface area contributed by atoms with Gasteiger partial charge in [-0.2, -0.15) is 0 Å². The molecule has 2 aromatic carbocycles. The molecule has 3 N–H and O–H groups in total. The fourth-order valence-electron chi connectivity index (χ4n) is 2.67. The Morgan fingerprint density at radius 1 is 1.14 bits per heavy atom. The van der Waals surface area contributed by atoms with Crippen LogP contribution in [-0.2, 0) is 17.8 Å². The van der Waals surface area contributed by atoms with Crippen molar-refractivity contribution in [2.45, 2.75) is 26.8 Å². The Balaban J connectivity index is 2.00. The van der Waals surface area contributed by atoms with Crippen molar-refractivity contribution in [2.24, 2.45) is 4.99 Å².